The molecule has 6 nitrogen and oxygen atoms in total. The first kappa shape index (κ1) is 15.3. The molecule has 3 rings (SSSR count). The zero-order valence-electron chi connectivity index (χ0n) is 11.9. The van der Waals surface area contributed by atoms with Crippen LogP contribution in [0.15, 0.2) is 34.3 Å². The van der Waals surface area contributed by atoms with E-state index in [0.717, 1.165) is 11.3 Å². The quantitative estimate of drug-likeness (QED) is 0.663. The Bertz CT molecular complexity index is 811. The second-order valence-electron chi connectivity index (χ2n) is 4.38. The predicted octanol–water partition coefficient (Wildman–Crippen LogP) is 3.70. The smallest absolute Gasteiger partial charge is 0.357 e. The van der Waals surface area contributed by atoms with Gasteiger partial charge < -0.3 is 9.15 Å². The fourth-order valence-electron chi connectivity index (χ4n) is 1.91. The molecule has 3 heterocycles. The number of furan rings is 1. The van der Waals surface area contributed by atoms with Gasteiger partial charge in [-0.25, -0.2) is 23.2 Å². The molecule has 0 saturated heterocycles. The summed E-state index contributed by atoms with van der Waals surface area (Å²) in [5, 5.41) is 5.62. The van der Waals surface area contributed by atoms with Crippen LogP contribution < -0.4 is 0 Å². The highest BCUT2D eigenvalue weighted by molar-refractivity contribution is 7.12. The number of rotatable bonds is 5. The van der Waals surface area contributed by atoms with Crippen LogP contribution in [0.1, 0.15) is 29.5 Å². The van der Waals surface area contributed by atoms with Gasteiger partial charge >= 0.3 is 5.97 Å². The maximum absolute atomic E-state index is 13.0. The van der Waals surface area contributed by atoms with E-state index in [-0.39, 0.29) is 17.4 Å². The van der Waals surface area contributed by atoms with E-state index in [1.54, 1.807) is 19.1 Å². The molecule has 0 bridgehead atoms. The molecule has 0 aromatic carbocycles. The third kappa shape index (κ3) is 3.00. The van der Waals surface area contributed by atoms with Gasteiger partial charge in [0.15, 0.2) is 11.5 Å². The summed E-state index contributed by atoms with van der Waals surface area (Å²) >= 11 is 1.10. The van der Waals surface area contributed by atoms with Crippen molar-refractivity contribution in [2.45, 2.75) is 13.3 Å². The number of carbonyl (C=O) groups is 1. The van der Waals surface area contributed by atoms with Gasteiger partial charge in [-0.1, -0.05) is 0 Å². The van der Waals surface area contributed by atoms with Crippen LogP contribution in [-0.4, -0.2) is 27.3 Å². The van der Waals surface area contributed by atoms with Gasteiger partial charge in [-0.15, -0.1) is 11.3 Å². The monoisotopic (exact) mass is 339 g/mol. The maximum atomic E-state index is 13.0. The summed E-state index contributed by atoms with van der Waals surface area (Å²) in [4.78, 5) is 15.8. The van der Waals surface area contributed by atoms with Crippen molar-refractivity contribution in [1.82, 2.24) is 14.8 Å². The number of aromatic nitrogens is 3. The number of ether oxygens (including phenoxy) is 1. The molecule has 0 atom stereocenters. The second kappa shape index (κ2) is 6.29. The van der Waals surface area contributed by atoms with Gasteiger partial charge in [0.2, 0.25) is 5.13 Å². The van der Waals surface area contributed by atoms with Crippen LogP contribution in [0.4, 0.5) is 8.78 Å². The van der Waals surface area contributed by atoms with E-state index in [9.17, 15) is 13.6 Å². The highest BCUT2D eigenvalue weighted by Gasteiger charge is 2.21. The minimum atomic E-state index is -2.73. The normalized spacial score (nSPS) is 11.1. The van der Waals surface area contributed by atoms with Crippen molar-refractivity contribution in [1.29, 1.82) is 0 Å². The number of carbonyl (C=O) groups excluding carboxylic acids is 1. The lowest BCUT2D eigenvalue weighted by atomic mass is 10.3. The van der Waals surface area contributed by atoms with Gasteiger partial charge in [-0.3, -0.25) is 0 Å². The summed E-state index contributed by atoms with van der Waals surface area (Å²) in [6, 6.07) is 4.50. The molecule has 0 aliphatic rings. The van der Waals surface area contributed by atoms with E-state index in [4.69, 9.17) is 9.15 Å². The van der Waals surface area contributed by atoms with Crippen molar-refractivity contribution >= 4 is 17.3 Å². The molecule has 3 aromatic heterocycles. The highest BCUT2D eigenvalue weighted by atomic mass is 32.1. The Labute approximate surface area is 133 Å². The SMILES string of the molecule is CCOC(=O)c1csc(-n2nc(C(F)F)cc2-c2ccco2)n1. The Balaban J connectivity index is 2.03. The van der Waals surface area contributed by atoms with Crippen molar-refractivity contribution in [3.63, 3.8) is 0 Å². The average Bonchev–Trinajstić information content (AvgIpc) is 3.26. The molecular weight excluding hydrogens is 328 g/mol. The summed E-state index contributed by atoms with van der Waals surface area (Å²) in [5.74, 6) is -0.201. The van der Waals surface area contributed by atoms with Gasteiger partial charge in [-0.2, -0.15) is 5.10 Å². The van der Waals surface area contributed by atoms with E-state index in [1.807, 2.05) is 0 Å². The van der Waals surface area contributed by atoms with Gasteiger partial charge in [0.25, 0.3) is 6.43 Å². The van der Waals surface area contributed by atoms with Gasteiger partial charge in [0.05, 0.1) is 12.9 Å². The molecule has 3 aromatic rings. The molecular formula is C14H11F2N3O3S. The number of alkyl halides is 2. The van der Waals surface area contributed by atoms with Crippen LogP contribution in [0.5, 0.6) is 0 Å². The number of thiazole rings is 1. The van der Waals surface area contributed by atoms with E-state index in [1.165, 1.54) is 22.4 Å². The first-order valence-electron chi connectivity index (χ1n) is 6.65. The van der Waals surface area contributed by atoms with Crippen LogP contribution in [0.3, 0.4) is 0 Å². The average molecular weight is 339 g/mol. The van der Waals surface area contributed by atoms with Crippen LogP contribution in [0.2, 0.25) is 0 Å². The molecule has 0 N–H and O–H groups in total. The molecule has 0 unspecified atom stereocenters. The van der Waals surface area contributed by atoms with E-state index in [0.29, 0.717) is 11.5 Å². The first-order chi connectivity index (χ1) is 11.1. The number of esters is 1. The maximum Gasteiger partial charge on any atom is 0.357 e. The largest absolute Gasteiger partial charge is 0.463 e. The zero-order chi connectivity index (χ0) is 16.4. The molecule has 23 heavy (non-hydrogen) atoms. The third-order valence-corrected chi connectivity index (χ3v) is 3.70. The topological polar surface area (TPSA) is 70.2 Å². The molecule has 0 radical (unpaired) electrons. The van der Waals surface area contributed by atoms with Crippen molar-refractivity contribution in [3.05, 3.63) is 41.2 Å². The molecule has 0 aliphatic heterocycles. The summed E-state index contributed by atoms with van der Waals surface area (Å²) in [5.41, 5.74) is 0.0330. The molecule has 0 spiro atoms. The lowest BCUT2D eigenvalue weighted by Crippen LogP contribution is -2.06. The Hall–Kier alpha value is -2.55. The molecule has 9 heteroatoms. The number of hydrogen-bond acceptors (Lipinski definition) is 6. The fraction of sp³-hybridized carbons (Fsp3) is 0.214. The molecule has 120 valence electrons. The van der Waals surface area contributed by atoms with E-state index < -0.39 is 18.1 Å². The van der Waals surface area contributed by atoms with Crippen LogP contribution >= 0.6 is 11.3 Å². The van der Waals surface area contributed by atoms with Crippen LogP contribution in [0, 0.1) is 0 Å². The molecule has 0 aliphatic carbocycles. The fourth-order valence-corrected chi connectivity index (χ4v) is 2.67. The van der Waals surface area contributed by atoms with Crippen molar-refractivity contribution in [2.75, 3.05) is 6.61 Å². The first-order valence-corrected chi connectivity index (χ1v) is 7.53. The standard InChI is InChI=1S/C14H11F2N3O3S/c1-2-21-13(20)9-7-23-14(17-9)19-10(11-4-3-5-22-11)6-8(18-19)12(15)16/h3-7,12H,2H2,1H3. The zero-order valence-corrected chi connectivity index (χ0v) is 12.7. The molecule has 0 fully saturated rings. The minimum Gasteiger partial charge on any atom is -0.463 e. The van der Waals surface area contributed by atoms with E-state index in [2.05, 4.69) is 10.1 Å². The number of hydrogen-bond donors (Lipinski definition) is 0. The second-order valence-corrected chi connectivity index (χ2v) is 5.22. The van der Waals surface area contributed by atoms with E-state index >= 15 is 0 Å². The molecule has 0 amide bonds. The van der Waals surface area contributed by atoms with Crippen molar-refractivity contribution in [3.8, 4) is 16.6 Å². The Morgan fingerprint density at radius 2 is 2.35 bits per heavy atom. The van der Waals surface area contributed by atoms with Crippen LogP contribution in [0.25, 0.3) is 16.6 Å². The summed E-state index contributed by atoms with van der Waals surface area (Å²) in [6.45, 7) is 1.91. The van der Waals surface area contributed by atoms with Gasteiger partial charge in [-0.05, 0) is 25.1 Å². The lowest BCUT2D eigenvalue weighted by molar-refractivity contribution is 0.0520. The predicted molar refractivity (Wildman–Crippen MR) is 77.9 cm³/mol. The third-order valence-electron chi connectivity index (χ3n) is 2.88. The number of halogens is 2. The van der Waals surface area contributed by atoms with Crippen LogP contribution in [-0.2, 0) is 4.74 Å². The van der Waals surface area contributed by atoms with Crippen molar-refractivity contribution < 1.29 is 22.7 Å². The Morgan fingerprint density at radius 1 is 1.52 bits per heavy atom. The minimum absolute atomic E-state index is 0.103. The Morgan fingerprint density at radius 3 is 3.00 bits per heavy atom. The van der Waals surface area contributed by atoms with Crippen molar-refractivity contribution in [2.24, 2.45) is 0 Å². The highest BCUT2D eigenvalue weighted by Crippen LogP contribution is 2.29. The number of nitrogens with zero attached hydrogens (tertiary/aromatic N) is 3. The summed E-state index contributed by atoms with van der Waals surface area (Å²) < 4.78 is 37.2. The lowest BCUT2D eigenvalue weighted by Gasteiger charge is -2.01. The van der Waals surface area contributed by atoms with Gasteiger partial charge in [0, 0.05) is 5.38 Å². The Kier molecular flexibility index (Phi) is 4.20. The molecule has 0 saturated carbocycles. The summed E-state index contributed by atoms with van der Waals surface area (Å²) in [6.07, 6.45) is -1.30. The summed E-state index contributed by atoms with van der Waals surface area (Å²) in [7, 11) is 0. The van der Waals surface area contributed by atoms with Gasteiger partial charge in [0.1, 0.15) is 11.4 Å².